The van der Waals surface area contributed by atoms with Crippen LogP contribution in [0, 0.1) is 11.3 Å². The third-order valence-electron chi connectivity index (χ3n) is 7.84. The Balaban J connectivity index is 1.41. The van der Waals surface area contributed by atoms with Crippen molar-refractivity contribution in [2.45, 2.75) is 53.0 Å². The van der Waals surface area contributed by atoms with Gasteiger partial charge in [-0.3, -0.25) is 15.5 Å². The quantitative estimate of drug-likeness (QED) is 0.176. The lowest BCUT2D eigenvalue weighted by molar-refractivity contribution is -0.150. The number of carboxylic acids is 1. The summed E-state index contributed by atoms with van der Waals surface area (Å²) in [5.74, 6) is 0.538. The monoisotopic (exact) mass is 561 g/mol. The molecule has 1 aliphatic heterocycles. The van der Waals surface area contributed by atoms with Gasteiger partial charge < -0.3 is 20.5 Å². The van der Waals surface area contributed by atoms with E-state index in [1.165, 1.54) is 0 Å². The summed E-state index contributed by atoms with van der Waals surface area (Å²) in [6.45, 7) is 15.8. The van der Waals surface area contributed by atoms with E-state index in [4.69, 9.17) is 14.9 Å². The molecule has 1 unspecified atom stereocenters. The number of hydrogen-bond donors (Lipinski definition) is 5. The zero-order valence-corrected chi connectivity index (χ0v) is 23.9. The minimum atomic E-state index is -0.714. The molecular formula is C30H39N7O4. The Bertz CT molecular complexity index is 1460. The highest BCUT2D eigenvalue weighted by Crippen LogP contribution is 2.34. The number of aliphatic imine (C=N–C) groups is 1. The van der Waals surface area contributed by atoms with Crippen molar-refractivity contribution in [2.24, 2.45) is 16.3 Å². The Morgan fingerprint density at radius 1 is 1.17 bits per heavy atom. The Morgan fingerprint density at radius 2 is 1.95 bits per heavy atom. The second-order valence-electron chi connectivity index (χ2n) is 10.5. The third-order valence-corrected chi connectivity index (χ3v) is 7.84. The van der Waals surface area contributed by atoms with Crippen molar-refractivity contribution in [2.75, 3.05) is 13.2 Å². The first-order chi connectivity index (χ1) is 19.7. The molecule has 0 radical (unpaired) electrons. The molecule has 0 bridgehead atoms. The molecule has 0 spiro atoms. The number of hydrogen-bond acceptors (Lipinski definition) is 9. The highest BCUT2D eigenvalue weighted by atomic mass is 16.5. The average molecular weight is 562 g/mol. The van der Waals surface area contributed by atoms with Gasteiger partial charge in [-0.25, -0.2) is 14.5 Å². The van der Waals surface area contributed by atoms with Crippen molar-refractivity contribution in [3.05, 3.63) is 66.6 Å². The summed E-state index contributed by atoms with van der Waals surface area (Å²) < 4.78 is 7.31. The Hall–Kier alpha value is -4.38. The largest absolute Gasteiger partial charge is 0.483 e. The lowest BCUT2D eigenvalue weighted by Gasteiger charge is -2.28. The van der Waals surface area contributed by atoms with Crippen molar-refractivity contribution >= 4 is 34.5 Å². The van der Waals surface area contributed by atoms with Gasteiger partial charge in [-0.2, -0.15) is 5.10 Å². The van der Waals surface area contributed by atoms with Crippen LogP contribution in [0.3, 0.4) is 0 Å². The van der Waals surface area contributed by atoms with E-state index in [0.717, 1.165) is 17.7 Å². The van der Waals surface area contributed by atoms with Crippen LogP contribution < -0.4 is 20.9 Å². The molecule has 0 aliphatic carbocycles. The normalized spacial score (nSPS) is 13.5. The molecule has 11 heteroatoms. The number of amidine groups is 1. The molecule has 5 N–H and O–H groups in total. The van der Waals surface area contributed by atoms with E-state index in [9.17, 15) is 9.90 Å². The van der Waals surface area contributed by atoms with Crippen LogP contribution in [0.4, 0.5) is 5.69 Å². The maximum atomic E-state index is 11.9. The molecule has 11 nitrogen and oxygen atoms in total. The molecular weight excluding hydrogens is 522 g/mol. The Morgan fingerprint density at radius 3 is 2.66 bits per heavy atom. The van der Waals surface area contributed by atoms with Gasteiger partial charge in [0, 0.05) is 19.2 Å². The van der Waals surface area contributed by atoms with E-state index >= 15 is 0 Å². The van der Waals surface area contributed by atoms with Gasteiger partial charge >= 0.3 is 5.97 Å². The predicted molar refractivity (Wildman–Crippen MR) is 159 cm³/mol. The summed E-state index contributed by atoms with van der Waals surface area (Å²) in [5.41, 5.74) is 6.38. The van der Waals surface area contributed by atoms with Gasteiger partial charge in [-0.15, -0.1) is 0 Å². The van der Waals surface area contributed by atoms with Crippen LogP contribution in [-0.2, 0) is 11.3 Å². The van der Waals surface area contributed by atoms with Crippen molar-refractivity contribution in [1.82, 2.24) is 30.7 Å². The number of fused-ring (bicyclic) bond motifs is 2. The molecule has 4 rings (SSSR count). The first-order valence-corrected chi connectivity index (χ1v) is 13.9. The van der Waals surface area contributed by atoms with E-state index in [-0.39, 0.29) is 12.5 Å². The van der Waals surface area contributed by atoms with Crippen molar-refractivity contribution < 1.29 is 19.8 Å². The number of ether oxygens (including phenoxy) is 1. The van der Waals surface area contributed by atoms with Crippen LogP contribution in [0.5, 0.6) is 5.75 Å². The fourth-order valence-corrected chi connectivity index (χ4v) is 4.87. The summed E-state index contributed by atoms with van der Waals surface area (Å²) in [5, 5.41) is 30.0. The first-order valence-electron chi connectivity index (χ1n) is 13.9. The number of aliphatic carboxylic acids is 1. The highest BCUT2D eigenvalue weighted by molar-refractivity contribution is 5.87. The molecule has 41 heavy (non-hydrogen) atoms. The fraction of sp³-hybridized carbons (Fsp3) is 0.400. The smallest absolute Gasteiger partial charge is 0.309 e. The summed E-state index contributed by atoms with van der Waals surface area (Å²) in [6, 6.07) is 9.40. The van der Waals surface area contributed by atoms with E-state index < -0.39 is 11.4 Å². The van der Waals surface area contributed by atoms with Crippen LogP contribution >= 0.6 is 0 Å². The molecule has 2 aromatic heterocycles. The van der Waals surface area contributed by atoms with Crippen molar-refractivity contribution in [1.29, 1.82) is 0 Å². The minimum Gasteiger partial charge on any atom is -0.483 e. The zero-order chi connectivity index (χ0) is 29.6. The number of carbonyl (C=O) groups is 1. The number of benzene rings is 1. The average Bonchev–Trinajstić information content (AvgIpc) is 3.47. The number of rotatable bonds is 14. The first kappa shape index (κ1) is 29.6. The van der Waals surface area contributed by atoms with Crippen molar-refractivity contribution in [3.8, 4) is 5.75 Å². The minimum absolute atomic E-state index is 0.186. The van der Waals surface area contributed by atoms with Gasteiger partial charge in [0.05, 0.1) is 34.4 Å². The molecule has 0 saturated carbocycles. The predicted octanol–water partition coefficient (Wildman–Crippen LogP) is 4.76. The van der Waals surface area contributed by atoms with Crippen LogP contribution in [0.15, 0.2) is 54.7 Å². The van der Waals surface area contributed by atoms with Gasteiger partial charge in [0.2, 0.25) is 0 Å². The van der Waals surface area contributed by atoms with E-state index in [1.54, 1.807) is 10.7 Å². The van der Waals surface area contributed by atoms with Gasteiger partial charge in [0.1, 0.15) is 18.0 Å². The summed E-state index contributed by atoms with van der Waals surface area (Å²) >= 11 is 0. The maximum absolute atomic E-state index is 11.9. The number of nitrogens with zero attached hydrogens (tertiary/aromatic N) is 4. The molecule has 1 aliphatic rings. The lowest BCUT2D eigenvalue weighted by atomic mass is 9.77. The molecule has 3 aromatic rings. The van der Waals surface area contributed by atoms with E-state index in [0.29, 0.717) is 72.4 Å². The van der Waals surface area contributed by atoms with E-state index in [2.05, 4.69) is 40.8 Å². The Kier molecular flexibility index (Phi) is 9.28. The summed E-state index contributed by atoms with van der Waals surface area (Å²) in [4.78, 5) is 20.9. The number of nitrogens with one attached hydrogen (secondary N) is 3. The third kappa shape index (κ3) is 6.68. The molecule has 0 saturated heterocycles. The molecule has 218 valence electrons. The topological polar surface area (TPSA) is 145 Å². The number of carboxylic acid groups (broad SMARTS) is 1. The molecule has 0 amide bonds. The van der Waals surface area contributed by atoms with E-state index in [1.807, 2.05) is 49.7 Å². The Labute approximate surface area is 240 Å². The highest BCUT2D eigenvalue weighted by Gasteiger charge is 2.34. The molecule has 0 fully saturated rings. The second kappa shape index (κ2) is 12.9. The SMILES string of the molecule is C=C(NCc1ccc2c(c1)N=C(NO)CO2)c1cc(C(=C)NCC(C)CCC(CC)(CC)C(=O)O)n2nccc2n1. The van der Waals surface area contributed by atoms with Gasteiger partial charge in [0.25, 0.3) is 0 Å². The number of aromatic nitrogens is 3. The fourth-order valence-electron chi connectivity index (χ4n) is 4.87. The summed E-state index contributed by atoms with van der Waals surface area (Å²) in [7, 11) is 0. The van der Waals surface area contributed by atoms with Crippen molar-refractivity contribution in [3.63, 3.8) is 0 Å². The van der Waals surface area contributed by atoms with Crippen LogP contribution in [0.2, 0.25) is 0 Å². The van der Waals surface area contributed by atoms with Gasteiger partial charge in [0.15, 0.2) is 11.5 Å². The maximum Gasteiger partial charge on any atom is 0.309 e. The standard InChI is InChI=1S/C30H39N7O4/c1-6-30(7-2,29(38)39)12-10-19(3)16-31-21(5)25-15-23(35-28-11-13-33-37(25)28)20(4)32-17-22-8-9-26-24(14-22)34-27(36-40)18-41-26/h8-9,11,13-15,19,31-32,40H,4-7,10,12,16-18H2,1-3H3,(H,34,36)(H,38,39). The zero-order valence-electron chi connectivity index (χ0n) is 23.9. The van der Waals surface area contributed by atoms with Crippen LogP contribution in [0.1, 0.15) is 63.4 Å². The molecule has 1 atom stereocenters. The molecule has 3 heterocycles. The van der Waals surface area contributed by atoms with Gasteiger partial charge in [-0.1, -0.05) is 40.0 Å². The van der Waals surface area contributed by atoms with Gasteiger partial charge in [-0.05, 0) is 55.4 Å². The lowest BCUT2D eigenvalue weighted by Crippen LogP contribution is -2.31. The van der Waals surface area contributed by atoms with Crippen LogP contribution in [0.25, 0.3) is 17.0 Å². The second-order valence-corrected chi connectivity index (χ2v) is 10.5. The summed E-state index contributed by atoms with van der Waals surface area (Å²) in [6.07, 6.45) is 4.37. The number of hydroxylamine groups is 1. The van der Waals surface area contributed by atoms with Crippen LogP contribution in [-0.4, -0.2) is 49.9 Å². The molecule has 1 aromatic carbocycles.